The Balaban J connectivity index is 0.000000279. The van der Waals surface area contributed by atoms with Crippen molar-refractivity contribution in [3.8, 4) is 23.0 Å². The van der Waals surface area contributed by atoms with Crippen LogP contribution in [0.5, 0.6) is 23.0 Å². The highest BCUT2D eigenvalue weighted by Crippen LogP contribution is 2.51. The lowest BCUT2D eigenvalue weighted by Crippen LogP contribution is -2.58. The summed E-state index contributed by atoms with van der Waals surface area (Å²) in [4.78, 5) is 35.7. The van der Waals surface area contributed by atoms with Gasteiger partial charge in [-0.1, -0.05) is 36.0 Å². The van der Waals surface area contributed by atoms with Crippen LogP contribution in [-0.2, 0) is 25.4 Å². The molecule has 13 heteroatoms. The molecule has 2 N–H and O–H groups in total. The summed E-state index contributed by atoms with van der Waals surface area (Å²) in [6, 6.07) is 26.2. The Hall–Kier alpha value is -5.37. The molecule has 0 amide bonds. The van der Waals surface area contributed by atoms with Crippen LogP contribution in [-0.4, -0.2) is 89.8 Å². The number of aromatic nitrogens is 1. The maximum Gasteiger partial charge on any atom is 0.338 e. The van der Waals surface area contributed by atoms with Crippen molar-refractivity contribution >= 4 is 46.0 Å². The minimum atomic E-state index is -0.670. The van der Waals surface area contributed by atoms with Crippen molar-refractivity contribution in [1.29, 1.82) is 0 Å². The van der Waals surface area contributed by atoms with Crippen LogP contribution in [0.15, 0.2) is 88.7 Å². The van der Waals surface area contributed by atoms with Gasteiger partial charge in [0.25, 0.3) is 0 Å². The summed E-state index contributed by atoms with van der Waals surface area (Å²) in [7, 11) is 9.10. The third-order valence-corrected chi connectivity index (χ3v) is 13.2. The lowest BCUT2D eigenvalue weighted by Gasteiger charge is -2.52. The predicted molar refractivity (Wildman–Crippen MR) is 221 cm³/mol. The number of H-pyrrole nitrogens is 1. The smallest absolute Gasteiger partial charge is 0.338 e. The summed E-state index contributed by atoms with van der Waals surface area (Å²) >= 11 is 1.82. The highest BCUT2D eigenvalue weighted by molar-refractivity contribution is 7.99. The Kier molecular flexibility index (Phi) is 11.5. The first-order chi connectivity index (χ1) is 28.3. The molecule has 4 aromatic carbocycles. The van der Waals surface area contributed by atoms with Crippen molar-refractivity contribution in [2.75, 3.05) is 61.1 Å². The summed E-state index contributed by atoms with van der Waals surface area (Å²) in [5.74, 6) is 0.441. The maximum atomic E-state index is 13.5. The number of anilines is 2. The van der Waals surface area contributed by atoms with Gasteiger partial charge >= 0.3 is 11.9 Å². The second kappa shape index (κ2) is 16.8. The van der Waals surface area contributed by atoms with E-state index in [-0.39, 0.29) is 29.4 Å². The van der Waals surface area contributed by atoms with Gasteiger partial charge in [0, 0.05) is 52.7 Å². The Labute approximate surface area is 342 Å². The van der Waals surface area contributed by atoms with Crippen molar-refractivity contribution in [1.82, 2.24) is 9.88 Å². The molecule has 1 aromatic heterocycles. The SMILES string of the molecule is COC(=O)[C@H]1[C@H]2C[C@@H]3c4[nH]c5cc(OC)ccc5c4CCN3C[C@H]2C[C@@H](OC(=O)c2cc(OC)c(OC)c(OC)c2)[C@@H]1OC.c1ccc2c(c1)Nc1ccccc1S2. The van der Waals surface area contributed by atoms with Gasteiger partial charge in [-0.25, -0.2) is 4.79 Å². The quantitative estimate of drug-likeness (QED) is 0.144. The van der Waals surface area contributed by atoms with Crippen LogP contribution in [0, 0.1) is 17.8 Å². The Morgan fingerprint density at radius 3 is 2.10 bits per heavy atom. The molecule has 0 radical (unpaired) electrons. The van der Waals surface area contributed by atoms with Gasteiger partial charge in [-0.15, -0.1) is 0 Å². The molecule has 2 fully saturated rings. The number of carbonyl (C=O) groups is 2. The van der Waals surface area contributed by atoms with Crippen LogP contribution in [0.2, 0.25) is 0 Å². The van der Waals surface area contributed by atoms with Gasteiger partial charge in [-0.05, 0) is 85.2 Å². The van der Waals surface area contributed by atoms with Crippen molar-refractivity contribution in [2.45, 2.75) is 47.3 Å². The standard InChI is InChI=1S/C33H40N2O9.C12H9NS/c1-38-19-7-8-20-21-9-10-35-16-18-13-27(44-32(36)17-11-25(39-2)30(41-4)26(12-17)40-3)31(42-5)28(33(37)43-6)22(18)15-24(35)29(21)34-23(20)14-19;1-3-7-11-9(5-1)13-10-6-2-4-8-12(10)14-11/h7-8,11-12,14,18,22,24,27-28,31,34H,9-10,13,15-16H2,1-6H3;1-8,13H/t18-,22+,24-,27-,28+,31+;/m1./s1. The van der Waals surface area contributed by atoms with Gasteiger partial charge in [-0.2, -0.15) is 0 Å². The van der Waals surface area contributed by atoms with Crippen molar-refractivity contribution in [2.24, 2.45) is 17.8 Å². The number of aromatic amines is 1. The topological polar surface area (TPSA) is 130 Å². The number of fused-ring (bicyclic) bond motifs is 8. The van der Waals surface area contributed by atoms with Gasteiger partial charge in [0.15, 0.2) is 11.5 Å². The fourth-order valence-corrected chi connectivity index (χ4v) is 10.3. The van der Waals surface area contributed by atoms with Crippen LogP contribution in [0.4, 0.5) is 11.4 Å². The summed E-state index contributed by atoms with van der Waals surface area (Å²) in [6.45, 7) is 1.68. The molecule has 0 bridgehead atoms. The van der Waals surface area contributed by atoms with E-state index in [0.29, 0.717) is 23.7 Å². The van der Waals surface area contributed by atoms with Gasteiger partial charge in [0.2, 0.25) is 5.75 Å². The highest BCUT2D eigenvalue weighted by atomic mass is 32.2. The molecule has 58 heavy (non-hydrogen) atoms. The number of hydrogen-bond acceptors (Lipinski definition) is 12. The van der Waals surface area contributed by atoms with E-state index in [9.17, 15) is 9.59 Å². The number of nitrogens with zero attached hydrogens (tertiary/aromatic N) is 1. The first kappa shape index (κ1) is 39.5. The lowest BCUT2D eigenvalue weighted by atomic mass is 9.63. The number of methoxy groups -OCH3 is 6. The third kappa shape index (κ3) is 7.31. The van der Waals surface area contributed by atoms with Crippen LogP contribution in [0.3, 0.4) is 0 Å². The van der Waals surface area contributed by atoms with E-state index in [4.69, 9.17) is 33.2 Å². The van der Waals surface area contributed by atoms with E-state index < -0.39 is 24.1 Å². The third-order valence-electron chi connectivity index (χ3n) is 12.0. The molecule has 304 valence electrons. The minimum Gasteiger partial charge on any atom is -0.497 e. The number of carbonyl (C=O) groups excluding carboxylic acids is 2. The molecule has 9 rings (SSSR count). The normalized spacial score (nSPS) is 22.9. The summed E-state index contributed by atoms with van der Waals surface area (Å²) in [5, 5.41) is 4.63. The molecule has 1 aliphatic carbocycles. The number of benzene rings is 4. The number of hydrogen-bond donors (Lipinski definition) is 2. The molecule has 4 heterocycles. The predicted octanol–water partition coefficient (Wildman–Crippen LogP) is 8.07. The molecular formula is C45H49N3O9S. The number of ether oxygens (including phenoxy) is 7. The van der Waals surface area contributed by atoms with Crippen molar-refractivity contribution < 1.29 is 42.7 Å². The highest BCUT2D eigenvalue weighted by Gasteiger charge is 2.54. The van der Waals surface area contributed by atoms with Crippen molar-refractivity contribution in [3.63, 3.8) is 0 Å². The second-order valence-electron chi connectivity index (χ2n) is 14.9. The summed E-state index contributed by atoms with van der Waals surface area (Å²) in [5.41, 5.74) is 6.24. The molecule has 1 saturated heterocycles. The molecule has 4 aliphatic rings. The van der Waals surface area contributed by atoms with Gasteiger partial charge in [-0.3, -0.25) is 9.69 Å². The van der Waals surface area contributed by atoms with Crippen LogP contribution >= 0.6 is 11.8 Å². The monoisotopic (exact) mass is 807 g/mol. The average molecular weight is 808 g/mol. The van der Waals surface area contributed by atoms with E-state index in [0.717, 1.165) is 37.2 Å². The molecule has 0 unspecified atom stereocenters. The first-order valence-electron chi connectivity index (χ1n) is 19.5. The fraction of sp³-hybridized carbons (Fsp3) is 0.378. The molecule has 12 nitrogen and oxygen atoms in total. The van der Waals surface area contributed by atoms with Crippen molar-refractivity contribution in [3.05, 3.63) is 95.7 Å². The largest absolute Gasteiger partial charge is 0.497 e. The first-order valence-corrected chi connectivity index (χ1v) is 20.3. The van der Waals surface area contributed by atoms with E-state index in [1.54, 1.807) is 26.4 Å². The molecular weight excluding hydrogens is 759 g/mol. The summed E-state index contributed by atoms with van der Waals surface area (Å²) in [6.07, 6.45) is 0.920. The average Bonchev–Trinajstić information content (AvgIpc) is 3.64. The van der Waals surface area contributed by atoms with E-state index in [1.807, 2.05) is 23.9 Å². The van der Waals surface area contributed by atoms with Gasteiger partial charge in [0.1, 0.15) is 18.0 Å². The minimum absolute atomic E-state index is 0.0170. The Morgan fingerprint density at radius 1 is 0.793 bits per heavy atom. The molecule has 3 aliphatic heterocycles. The number of nitrogens with one attached hydrogen (secondary N) is 2. The van der Waals surface area contributed by atoms with Crippen LogP contribution in [0.25, 0.3) is 10.9 Å². The molecule has 5 aromatic rings. The van der Waals surface area contributed by atoms with Gasteiger partial charge in [0.05, 0.1) is 64.4 Å². The van der Waals surface area contributed by atoms with Crippen LogP contribution in [0.1, 0.15) is 40.5 Å². The zero-order chi connectivity index (χ0) is 40.5. The molecule has 0 spiro atoms. The maximum absolute atomic E-state index is 13.5. The van der Waals surface area contributed by atoms with E-state index in [2.05, 4.69) is 69.8 Å². The number of esters is 2. The van der Waals surface area contributed by atoms with E-state index in [1.165, 1.54) is 66.2 Å². The van der Waals surface area contributed by atoms with Gasteiger partial charge < -0.3 is 43.5 Å². The number of para-hydroxylation sites is 2. The second-order valence-corrected chi connectivity index (χ2v) is 16.0. The number of rotatable bonds is 8. The number of piperidine rings is 1. The van der Waals surface area contributed by atoms with E-state index >= 15 is 0 Å². The Morgan fingerprint density at radius 2 is 1.48 bits per heavy atom. The zero-order valence-corrected chi connectivity index (χ0v) is 34.4. The molecule has 1 saturated carbocycles. The van der Waals surface area contributed by atoms with Crippen LogP contribution < -0.4 is 24.3 Å². The molecule has 6 atom stereocenters. The Bertz CT molecular complexity index is 2200. The summed E-state index contributed by atoms with van der Waals surface area (Å²) < 4.78 is 39.1. The fourth-order valence-electron chi connectivity index (χ4n) is 9.34. The lowest BCUT2D eigenvalue weighted by molar-refractivity contribution is -0.176. The zero-order valence-electron chi connectivity index (χ0n) is 33.5.